The van der Waals surface area contributed by atoms with E-state index in [9.17, 15) is 4.79 Å². The monoisotopic (exact) mass is 263 g/mol. The molecule has 0 amide bonds. The fourth-order valence-electron chi connectivity index (χ4n) is 2.09. The summed E-state index contributed by atoms with van der Waals surface area (Å²) >= 11 is 0. The zero-order valence-corrected chi connectivity index (χ0v) is 11.1. The van der Waals surface area contributed by atoms with Crippen LogP contribution in [-0.4, -0.2) is 42.2 Å². The molecule has 1 saturated carbocycles. The summed E-state index contributed by atoms with van der Waals surface area (Å²) in [5.41, 5.74) is 0. The number of aliphatic carboxylic acids is 1. The number of para-hydroxylation sites is 1. The quantitative estimate of drug-likeness (QED) is 0.694. The molecule has 1 aromatic carbocycles. The van der Waals surface area contributed by atoms with E-state index in [1.807, 2.05) is 35.2 Å². The van der Waals surface area contributed by atoms with Crippen molar-refractivity contribution in [2.45, 2.75) is 19.3 Å². The highest BCUT2D eigenvalue weighted by Crippen LogP contribution is 2.29. The van der Waals surface area contributed by atoms with Gasteiger partial charge in [-0.15, -0.1) is 0 Å². The van der Waals surface area contributed by atoms with Crippen LogP contribution in [0.1, 0.15) is 19.3 Å². The second-order valence-electron chi connectivity index (χ2n) is 5.09. The van der Waals surface area contributed by atoms with Crippen LogP contribution in [0.2, 0.25) is 0 Å². The molecule has 1 aromatic rings. The van der Waals surface area contributed by atoms with Gasteiger partial charge in [0.05, 0.1) is 13.2 Å². The normalized spacial score (nSPS) is 14.6. The lowest BCUT2D eigenvalue weighted by Gasteiger charge is -2.19. The van der Waals surface area contributed by atoms with Gasteiger partial charge in [0.2, 0.25) is 0 Å². The van der Waals surface area contributed by atoms with Gasteiger partial charge in [0, 0.05) is 13.1 Å². The molecule has 104 valence electrons. The Hall–Kier alpha value is -1.55. The predicted molar refractivity (Wildman–Crippen MR) is 73.4 cm³/mol. The summed E-state index contributed by atoms with van der Waals surface area (Å²) in [7, 11) is 0. The third-order valence-corrected chi connectivity index (χ3v) is 3.20. The average Bonchev–Trinajstić information content (AvgIpc) is 3.19. The largest absolute Gasteiger partial charge is 0.494 e. The molecule has 0 unspecified atom stereocenters. The number of ether oxygens (including phenoxy) is 1. The van der Waals surface area contributed by atoms with Crippen molar-refractivity contribution in [3.63, 3.8) is 0 Å². The van der Waals surface area contributed by atoms with Crippen LogP contribution in [0, 0.1) is 5.92 Å². The van der Waals surface area contributed by atoms with Gasteiger partial charge in [0.15, 0.2) is 0 Å². The second kappa shape index (κ2) is 7.14. The van der Waals surface area contributed by atoms with Crippen molar-refractivity contribution in [3.05, 3.63) is 30.3 Å². The number of nitrogens with zero attached hydrogens (tertiary/aromatic N) is 1. The minimum atomic E-state index is -0.746. The van der Waals surface area contributed by atoms with Crippen LogP contribution in [0.5, 0.6) is 5.75 Å². The van der Waals surface area contributed by atoms with Crippen LogP contribution in [0.25, 0.3) is 0 Å². The van der Waals surface area contributed by atoms with Gasteiger partial charge in [-0.3, -0.25) is 9.69 Å². The van der Waals surface area contributed by atoms with Crippen molar-refractivity contribution in [2.24, 2.45) is 5.92 Å². The van der Waals surface area contributed by atoms with Crippen LogP contribution in [-0.2, 0) is 4.79 Å². The van der Waals surface area contributed by atoms with Crippen LogP contribution in [0.15, 0.2) is 30.3 Å². The minimum absolute atomic E-state index is 0.141. The highest BCUT2D eigenvalue weighted by atomic mass is 16.5. The maximum atomic E-state index is 10.8. The van der Waals surface area contributed by atoms with E-state index in [-0.39, 0.29) is 6.54 Å². The topological polar surface area (TPSA) is 49.8 Å². The molecule has 0 aliphatic heterocycles. The van der Waals surface area contributed by atoms with Crippen LogP contribution in [0.4, 0.5) is 0 Å². The van der Waals surface area contributed by atoms with Gasteiger partial charge in [-0.05, 0) is 37.3 Å². The van der Waals surface area contributed by atoms with E-state index in [1.165, 1.54) is 12.8 Å². The SMILES string of the molecule is O=C(O)CN(CCCOc1ccccc1)CC1CC1. The molecule has 2 rings (SSSR count). The molecule has 0 heterocycles. The molecule has 1 N–H and O–H groups in total. The van der Waals surface area contributed by atoms with Crippen molar-refractivity contribution in [1.82, 2.24) is 4.90 Å². The lowest BCUT2D eigenvalue weighted by atomic mass is 10.3. The second-order valence-corrected chi connectivity index (χ2v) is 5.09. The van der Waals surface area contributed by atoms with Gasteiger partial charge in [-0.25, -0.2) is 0 Å². The van der Waals surface area contributed by atoms with Gasteiger partial charge >= 0.3 is 5.97 Å². The van der Waals surface area contributed by atoms with E-state index in [0.717, 1.165) is 31.2 Å². The van der Waals surface area contributed by atoms with E-state index in [4.69, 9.17) is 9.84 Å². The molecule has 0 saturated heterocycles. The minimum Gasteiger partial charge on any atom is -0.494 e. The van der Waals surface area contributed by atoms with Crippen molar-refractivity contribution < 1.29 is 14.6 Å². The van der Waals surface area contributed by atoms with Crippen LogP contribution in [0.3, 0.4) is 0 Å². The standard InChI is InChI=1S/C15H21NO3/c17-15(18)12-16(11-13-7-8-13)9-4-10-19-14-5-2-1-3-6-14/h1-3,5-6,13H,4,7-12H2,(H,17,18). The van der Waals surface area contributed by atoms with Crippen molar-refractivity contribution in [1.29, 1.82) is 0 Å². The Kier molecular flexibility index (Phi) is 5.21. The number of carbonyl (C=O) groups is 1. The summed E-state index contributed by atoms with van der Waals surface area (Å²) in [6.45, 7) is 2.47. The Morgan fingerprint density at radius 1 is 1.32 bits per heavy atom. The van der Waals surface area contributed by atoms with E-state index >= 15 is 0 Å². The molecular formula is C15H21NO3. The van der Waals surface area contributed by atoms with Crippen LogP contribution >= 0.6 is 0 Å². The smallest absolute Gasteiger partial charge is 0.317 e. The first kappa shape index (κ1) is 13.9. The maximum absolute atomic E-state index is 10.8. The Bertz CT molecular complexity index is 390. The number of carboxylic acid groups (broad SMARTS) is 1. The zero-order valence-electron chi connectivity index (χ0n) is 11.1. The summed E-state index contributed by atoms with van der Waals surface area (Å²) in [6.07, 6.45) is 3.35. The number of rotatable bonds is 9. The fourth-order valence-corrected chi connectivity index (χ4v) is 2.09. The highest BCUT2D eigenvalue weighted by Gasteiger charge is 2.24. The van der Waals surface area contributed by atoms with E-state index in [2.05, 4.69) is 0 Å². The molecule has 1 aliphatic rings. The van der Waals surface area contributed by atoms with E-state index in [1.54, 1.807) is 0 Å². The number of hydrogen-bond donors (Lipinski definition) is 1. The van der Waals surface area contributed by atoms with E-state index in [0.29, 0.717) is 6.61 Å². The molecule has 4 nitrogen and oxygen atoms in total. The Morgan fingerprint density at radius 3 is 2.68 bits per heavy atom. The molecule has 0 atom stereocenters. The summed E-state index contributed by atoms with van der Waals surface area (Å²) in [4.78, 5) is 12.8. The fraction of sp³-hybridized carbons (Fsp3) is 0.533. The number of carboxylic acids is 1. The molecule has 19 heavy (non-hydrogen) atoms. The molecule has 1 fully saturated rings. The van der Waals surface area contributed by atoms with Crippen LogP contribution < -0.4 is 4.74 Å². The Labute approximate surface area is 114 Å². The van der Waals surface area contributed by atoms with Gasteiger partial charge in [0.1, 0.15) is 5.75 Å². The lowest BCUT2D eigenvalue weighted by molar-refractivity contribution is -0.138. The van der Waals surface area contributed by atoms with Gasteiger partial charge < -0.3 is 9.84 Å². The van der Waals surface area contributed by atoms with Crippen molar-refractivity contribution >= 4 is 5.97 Å². The molecule has 0 spiro atoms. The van der Waals surface area contributed by atoms with E-state index < -0.39 is 5.97 Å². The maximum Gasteiger partial charge on any atom is 0.317 e. The molecule has 0 radical (unpaired) electrons. The van der Waals surface area contributed by atoms with Crippen molar-refractivity contribution in [3.8, 4) is 5.75 Å². The predicted octanol–water partition coefficient (Wildman–Crippen LogP) is 2.25. The van der Waals surface area contributed by atoms with Gasteiger partial charge in [-0.1, -0.05) is 18.2 Å². The summed E-state index contributed by atoms with van der Waals surface area (Å²) < 4.78 is 5.61. The lowest BCUT2D eigenvalue weighted by Crippen LogP contribution is -2.33. The summed E-state index contributed by atoms with van der Waals surface area (Å²) in [6, 6.07) is 9.70. The first-order valence-corrected chi connectivity index (χ1v) is 6.86. The number of benzene rings is 1. The third kappa shape index (κ3) is 5.75. The molecule has 4 heteroatoms. The Balaban J connectivity index is 1.65. The summed E-state index contributed by atoms with van der Waals surface area (Å²) in [5, 5.41) is 8.88. The highest BCUT2D eigenvalue weighted by molar-refractivity contribution is 5.69. The molecule has 0 aromatic heterocycles. The van der Waals surface area contributed by atoms with Gasteiger partial charge in [0.25, 0.3) is 0 Å². The van der Waals surface area contributed by atoms with Gasteiger partial charge in [-0.2, -0.15) is 0 Å². The summed E-state index contributed by atoms with van der Waals surface area (Å²) in [5.74, 6) is 0.841. The Morgan fingerprint density at radius 2 is 2.05 bits per heavy atom. The molecular weight excluding hydrogens is 242 g/mol. The molecule has 0 bridgehead atoms. The first-order valence-electron chi connectivity index (χ1n) is 6.86. The zero-order chi connectivity index (χ0) is 13.5. The third-order valence-electron chi connectivity index (χ3n) is 3.20. The molecule has 1 aliphatic carbocycles. The van der Waals surface area contributed by atoms with Crippen molar-refractivity contribution in [2.75, 3.05) is 26.2 Å². The average molecular weight is 263 g/mol. The first-order chi connectivity index (χ1) is 9.24. The number of hydrogen-bond acceptors (Lipinski definition) is 3.